The Morgan fingerprint density at radius 1 is 1.15 bits per heavy atom. The van der Waals surface area contributed by atoms with E-state index in [9.17, 15) is 18.4 Å². The van der Waals surface area contributed by atoms with Crippen molar-refractivity contribution in [3.05, 3.63) is 36.2 Å². The molecule has 0 aromatic carbocycles. The molecule has 41 heavy (non-hydrogen) atoms. The third kappa shape index (κ3) is 6.00. The Hall–Kier alpha value is -3.34. The molecule has 5 rings (SSSR count). The zero-order valence-electron chi connectivity index (χ0n) is 24.1. The van der Waals surface area contributed by atoms with Gasteiger partial charge in [0, 0.05) is 51.4 Å². The minimum Gasteiger partial charge on any atom is -0.477 e. The largest absolute Gasteiger partial charge is 0.477 e. The van der Waals surface area contributed by atoms with Crippen LogP contribution in [0.3, 0.4) is 0 Å². The van der Waals surface area contributed by atoms with E-state index in [1.54, 1.807) is 11.1 Å². The van der Waals surface area contributed by atoms with E-state index in [1.165, 1.54) is 0 Å². The van der Waals surface area contributed by atoms with Gasteiger partial charge < -0.3 is 24.8 Å². The van der Waals surface area contributed by atoms with Crippen LogP contribution in [0.5, 0.6) is 5.88 Å². The SMILES string of the molecule is CCOc1ncccc1-c1ccc(N2CCN(C(=O)C3(CC(F)F)CCC3)C[C@H]2CC)c(C(=O)NC2CN(C)C2)n1. The number of likely N-dealkylation sites (tertiary alicyclic amines) is 1. The lowest BCUT2D eigenvalue weighted by Gasteiger charge is -2.48. The summed E-state index contributed by atoms with van der Waals surface area (Å²) in [5.41, 5.74) is 1.37. The predicted molar refractivity (Wildman–Crippen MR) is 152 cm³/mol. The molecule has 1 atom stereocenters. The van der Waals surface area contributed by atoms with Gasteiger partial charge in [-0.25, -0.2) is 18.7 Å². The quantitative estimate of drug-likeness (QED) is 0.464. The number of ether oxygens (including phenoxy) is 1. The summed E-state index contributed by atoms with van der Waals surface area (Å²) in [6, 6.07) is 7.44. The van der Waals surface area contributed by atoms with E-state index in [-0.39, 0.29) is 30.3 Å². The summed E-state index contributed by atoms with van der Waals surface area (Å²) in [5, 5.41) is 3.12. The number of carbonyl (C=O) groups is 2. The Kier molecular flexibility index (Phi) is 8.72. The molecule has 0 unspecified atom stereocenters. The van der Waals surface area contributed by atoms with E-state index >= 15 is 0 Å². The second-order valence-corrected chi connectivity index (χ2v) is 11.5. The van der Waals surface area contributed by atoms with Crippen molar-refractivity contribution in [2.45, 2.75) is 64.5 Å². The highest BCUT2D eigenvalue weighted by molar-refractivity contribution is 5.99. The van der Waals surface area contributed by atoms with Crippen molar-refractivity contribution in [3.63, 3.8) is 0 Å². The summed E-state index contributed by atoms with van der Waals surface area (Å²) < 4.78 is 32.4. The molecule has 2 amide bonds. The standard InChI is InChI=1S/C30H40F2N6O3/c1-4-21-19-37(29(40)30(11-7-12-30)16-25(31)32)14-15-38(21)24-10-9-23(22-8-6-13-33-28(22)41-5-2)35-26(24)27(39)34-20-17-36(3)18-20/h6,8-10,13,20-21,25H,4-5,7,11-12,14-19H2,1-3H3,(H,34,39)/t21-/m1/s1. The van der Waals surface area contributed by atoms with Crippen LogP contribution < -0.4 is 15.0 Å². The number of aromatic nitrogens is 2. The number of nitrogens with zero attached hydrogens (tertiary/aromatic N) is 5. The van der Waals surface area contributed by atoms with Gasteiger partial charge in [-0.2, -0.15) is 0 Å². The maximum absolute atomic E-state index is 13.7. The van der Waals surface area contributed by atoms with Crippen LogP contribution in [0.1, 0.15) is 56.4 Å². The second kappa shape index (κ2) is 12.3. The third-order valence-corrected chi connectivity index (χ3v) is 8.68. The first-order valence-electron chi connectivity index (χ1n) is 14.7. The van der Waals surface area contributed by atoms with Crippen molar-refractivity contribution in [2.75, 3.05) is 51.3 Å². The Morgan fingerprint density at radius 2 is 1.93 bits per heavy atom. The molecule has 4 heterocycles. The molecule has 2 saturated heterocycles. The Morgan fingerprint density at radius 3 is 2.56 bits per heavy atom. The van der Waals surface area contributed by atoms with Gasteiger partial charge in [0.05, 0.1) is 35.0 Å². The first-order chi connectivity index (χ1) is 19.7. The lowest BCUT2D eigenvalue weighted by Crippen LogP contribution is -2.59. The lowest BCUT2D eigenvalue weighted by molar-refractivity contribution is -0.152. The van der Waals surface area contributed by atoms with Gasteiger partial charge in [-0.05, 0) is 57.5 Å². The summed E-state index contributed by atoms with van der Waals surface area (Å²) >= 11 is 0. The molecule has 1 aliphatic carbocycles. The van der Waals surface area contributed by atoms with Gasteiger partial charge in [-0.3, -0.25) is 9.59 Å². The molecule has 2 aromatic heterocycles. The molecular weight excluding hydrogens is 530 g/mol. The number of halogens is 2. The fourth-order valence-electron chi connectivity index (χ4n) is 6.33. The maximum atomic E-state index is 13.7. The van der Waals surface area contributed by atoms with Crippen LogP contribution >= 0.6 is 0 Å². The summed E-state index contributed by atoms with van der Waals surface area (Å²) in [6.45, 7) is 7.25. The van der Waals surface area contributed by atoms with Gasteiger partial charge in [0.15, 0.2) is 5.69 Å². The molecule has 0 radical (unpaired) electrons. The van der Waals surface area contributed by atoms with Crippen molar-refractivity contribution in [1.29, 1.82) is 0 Å². The van der Waals surface area contributed by atoms with E-state index in [1.807, 2.05) is 45.2 Å². The molecule has 11 heteroatoms. The normalized spacial score (nSPS) is 20.9. The minimum atomic E-state index is -2.49. The van der Waals surface area contributed by atoms with Gasteiger partial charge in [0.2, 0.25) is 18.2 Å². The fraction of sp³-hybridized carbons (Fsp3) is 0.600. The van der Waals surface area contributed by atoms with Crippen LogP contribution in [0.4, 0.5) is 14.5 Å². The van der Waals surface area contributed by atoms with Crippen LogP contribution in [0, 0.1) is 5.41 Å². The van der Waals surface area contributed by atoms with E-state index in [4.69, 9.17) is 9.72 Å². The number of pyridine rings is 2. The highest BCUT2D eigenvalue weighted by Gasteiger charge is 2.49. The van der Waals surface area contributed by atoms with Crippen LogP contribution in [0.15, 0.2) is 30.5 Å². The van der Waals surface area contributed by atoms with Crippen molar-refractivity contribution >= 4 is 17.5 Å². The number of likely N-dealkylation sites (N-methyl/N-ethyl adjacent to an activating group) is 1. The molecule has 2 aromatic rings. The van der Waals surface area contributed by atoms with Gasteiger partial charge >= 0.3 is 0 Å². The van der Waals surface area contributed by atoms with E-state index < -0.39 is 11.8 Å². The van der Waals surface area contributed by atoms with Gasteiger partial charge in [0.1, 0.15) is 0 Å². The molecule has 3 aliphatic rings. The highest BCUT2D eigenvalue weighted by Crippen LogP contribution is 2.47. The number of nitrogens with one attached hydrogen (secondary N) is 1. The summed E-state index contributed by atoms with van der Waals surface area (Å²) in [4.78, 5) is 42.4. The molecule has 3 fully saturated rings. The average Bonchev–Trinajstić information content (AvgIpc) is 2.93. The topological polar surface area (TPSA) is 90.9 Å². The van der Waals surface area contributed by atoms with Crippen molar-refractivity contribution in [1.82, 2.24) is 25.1 Å². The Balaban J connectivity index is 1.43. The summed E-state index contributed by atoms with van der Waals surface area (Å²) in [5.74, 6) is 0.0535. The number of amides is 2. The molecule has 9 nitrogen and oxygen atoms in total. The average molecular weight is 571 g/mol. The first-order valence-corrected chi connectivity index (χ1v) is 14.7. The zero-order valence-corrected chi connectivity index (χ0v) is 24.1. The number of anilines is 1. The molecule has 0 bridgehead atoms. The van der Waals surface area contributed by atoms with Crippen molar-refractivity contribution < 1.29 is 23.1 Å². The van der Waals surface area contributed by atoms with E-state index in [0.29, 0.717) is 67.6 Å². The highest BCUT2D eigenvalue weighted by atomic mass is 19.3. The first kappa shape index (κ1) is 29.2. The van der Waals surface area contributed by atoms with Crippen molar-refractivity contribution in [3.8, 4) is 17.1 Å². The van der Waals surface area contributed by atoms with Gasteiger partial charge in [0.25, 0.3) is 5.91 Å². The number of hydrogen-bond donors (Lipinski definition) is 1. The van der Waals surface area contributed by atoms with Gasteiger partial charge in [-0.15, -0.1) is 0 Å². The molecule has 2 aliphatic heterocycles. The van der Waals surface area contributed by atoms with Crippen LogP contribution in [0.2, 0.25) is 0 Å². The molecule has 1 N–H and O–H groups in total. The molecular formula is C30H40F2N6O3. The predicted octanol–water partition coefficient (Wildman–Crippen LogP) is 3.84. The number of alkyl halides is 2. The van der Waals surface area contributed by atoms with E-state index in [2.05, 4.69) is 20.1 Å². The summed E-state index contributed by atoms with van der Waals surface area (Å²) in [6.07, 6.45) is 1.38. The fourth-order valence-corrected chi connectivity index (χ4v) is 6.33. The number of hydrogen-bond acceptors (Lipinski definition) is 7. The Labute approximate surface area is 240 Å². The minimum absolute atomic E-state index is 0.0492. The third-order valence-electron chi connectivity index (χ3n) is 8.68. The van der Waals surface area contributed by atoms with Crippen LogP contribution in [-0.4, -0.2) is 96.5 Å². The lowest BCUT2D eigenvalue weighted by atomic mass is 9.65. The Bertz CT molecular complexity index is 1250. The summed E-state index contributed by atoms with van der Waals surface area (Å²) in [7, 11) is 2.01. The van der Waals surface area contributed by atoms with Crippen LogP contribution in [-0.2, 0) is 4.79 Å². The maximum Gasteiger partial charge on any atom is 0.272 e. The van der Waals surface area contributed by atoms with Crippen LogP contribution in [0.25, 0.3) is 11.3 Å². The number of carbonyl (C=O) groups excluding carboxylic acids is 2. The smallest absolute Gasteiger partial charge is 0.272 e. The van der Waals surface area contributed by atoms with Gasteiger partial charge in [-0.1, -0.05) is 13.3 Å². The zero-order chi connectivity index (χ0) is 29.1. The number of piperazine rings is 1. The number of rotatable bonds is 10. The van der Waals surface area contributed by atoms with Crippen molar-refractivity contribution in [2.24, 2.45) is 5.41 Å². The monoisotopic (exact) mass is 570 g/mol. The van der Waals surface area contributed by atoms with E-state index in [0.717, 1.165) is 25.9 Å². The molecule has 222 valence electrons. The second-order valence-electron chi connectivity index (χ2n) is 11.5. The molecule has 0 spiro atoms. The molecule has 1 saturated carbocycles.